The van der Waals surface area contributed by atoms with Gasteiger partial charge < -0.3 is 9.47 Å². The molecular weight excluding hydrogens is 276 g/mol. The lowest BCUT2D eigenvalue weighted by molar-refractivity contribution is 0.101. The highest BCUT2D eigenvalue weighted by Crippen LogP contribution is 2.33. The Morgan fingerprint density at radius 2 is 1.85 bits per heavy atom. The minimum atomic E-state index is -0.108. The predicted molar refractivity (Wildman–Crippen MR) is 79.3 cm³/mol. The molecule has 0 heterocycles. The van der Waals surface area contributed by atoms with Crippen LogP contribution >= 0.6 is 11.6 Å². The Labute approximate surface area is 123 Å². The fourth-order valence-corrected chi connectivity index (χ4v) is 2.04. The summed E-state index contributed by atoms with van der Waals surface area (Å²) in [7, 11) is 1.53. The minimum Gasteiger partial charge on any atom is -0.496 e. The molecule has 2 aromatic carbocycles. The molecule has 0 aliphatic heterocycles. The third-order valence-electron chi connectivity index (χ3n) is 2.92. The zero-order valence-electron chi connectivity index (χ0n) is 11.6. The molecule has 3 nitrogen and oxygen atoms in total. The van der Waals surface area contributed by atoms with E-state index in [1.165, 1.54) is 14.0 Å². The van der Waals surface area contributed by atoms with E-state index in [0.717, 1.165) is 5.56 Å². The summed E-state index contributed by atoms with van der Waals surface area (Å²) in [6.07, 6.45) is 0. The Morgan fingerprint density at radius 1 is 1.15 bits per heavy atom. The number of aryl methyl sites for hydroxylation is 1. The summed E-state index contributed by atoms with van der Waals surface area (Å²) in [6.45, 7) is 3.38. The molecule has 0 bridgehead atoms. The highest BCUT2D eigenvalue weighted by molar-refractivity contribution is 6.31. The predicted octanol–water partition coefficient (Wildman–Crippen LogP) is 4.65. The highest BCUT2D eigenvalue weighted by Gasteiger charge is 2.15. The van der Waals surface area contributed by atoms with Gasteiger partial charge in [0, 0.05) is 5.02 Å². The molecule has 2 aromatic rings. The summed E-state index contributed by atoms with van der Waals surface area (Å²) < 4.78 is 11.0. The molecule has 2 rings (SSSR count). The van der Waals surface area contributed by atoms with E-state index in [1.807, 2.05) is 13.0 Å². The van der Waals surface area contributed by atoms with Crippen LogP contribution in [0.4, 0.5) is 0 Å². The number of hydrogen-bond acceptors (Lipinski definition) is 3. The molecule has 0 unspecified atom stereocenters. The van der Waals surface area contributed by atoms with Crippen LogP contribution in [0.2, 0.25) is 5.02 Å². The average molecular weight is 291 g/mol. The topological polar surface area (TPSA) is 35.5 Å². The van der Waals surface area contributed by atoms with Gasteiger partial charge in [0.25, 0.3) is 0 Å². The van der Waals surface area contributed by atoms with Crippen molar-refractivity contribution >= 4 is 17.4 Å². The first kappa shape index (κ1) is 14.4. The van der Waals surface area contributed by atoms with E-state index in [9.17, 15) is 4.79 Å². The average Bonchev–Trinajstić information content (AvgIpc) is 2.42. The van der Waals surface area contributed by atoms with Crippen molar-refractivity contribution in [2.75, 3.05) is 7.11 Å². The molecule has 0 spiro atoms. The van der Waals surface area contributed by atoms with E-state index in [0.29, 0.717) is 27.8 Å². The van der Waals surface area contributed by atoms with E-state index in [2.05, 4.69) is 0 Å². The molecule has 4 heteroatoms. The number of hydrogen-bond donors (Lipinski definition) is 0. The summed E-state index contributed by atoms with van der Waals surface area (Å²) >= 11 is 5.98. The van der Waals surface area contributed by atoms with Crippen molar-refractivity contribution in [3.05, 3.63) is 52.5 Å². The number of halogens is 1. The van der Waals surface area contributed by atoms with Crippen LogP contribution in [0.1, 0.15) is 22.8 Å². The van der Waals surface area contributed by atoms with E-state index in [4.69, 9.17) is 21.1 Å². The fraction of sp³-hybridized carbons (Fsp3) is 0.188. The maximum Gasteiger partial charge on any atom is 0.167 e. The van der Waals surface area contributed by atoms with Gasteiger partial charge in [-0.2, -0.15) is 0 Å². The van der Waals surface area contributed by atoms with Crippen molar-refractivity contribution in [3.63, 3.8) is 0 Å². The van der Waals surface area contributed by atoms with E-state index in [-0.39, 0.29) is 5.78 Å². The molecule has 0 atom stereocenters. The SMILES string of the molecule is COc1cccc(Oc2ccc(Cl)c(C)c2)c1C(C)=O. The normalized spacial score (nSPS) is 10.2. The van der Waals surface area contributed by atoms with Gasteiger partial charge in [-0.3, -0.25) is 4.79 Å². The fourth-order valence-electron chi connectivity index (χ4n) is 1.92. The largest absolute Gasteiger partial charge is 0.496 e. The number of ether oxygens (including phenoxy) is 2. The minimum absolute atomic E-state index is 0.108. The van der Waals surface area contributed by atoms with Crippen molar-refractivity contribution in [1.29, 1.82) is 0 Å². The number of Topliss-reactive ketones (excluding diaryl/α,β-unsaturated/α-hetero) is 1. The smallest absolute Gasteiger partial charge is 0.167 e. The molecule has 0 amide bonds. The van der Waals surface area contributed by atoms with Crippen molar-refractivity contribution in [2.24, 2.45) is 0 Å². The Hall–Kier alpha value is -2.00. The molecule has 0 saturated heterocycles. The number of carbonyl (C=O) groups is 1. The summed E-state index contributed by atoms with van der Waals surface area (Å²) in [5, 5.41) is 0.676. The van der Waals surface area contributed by atoms with Gasteiger partial charge in [-0.05, 0) is 49.7 Å². The molecule has 0 fully saturated rings. The number of rotatable bonds is 4. The lowest BCUT2D eigenvalue weighted by Crippen LogP contribution is -2.01. The zero-order valence-corrected chi connectivity index (χ0v) is 12.3. The second-order valence-corrected chi connectivity index (χ2v) is 4.81. The molecule has 0 radical (unpaired) electrons. The quantitative estimate of drug-likeness (QED) is 0.769. The van der Waals surface area contributed by atoms with Gasteiger partial charge >= 0.3 is 0 Å². The Kier molecular flexibility index (Phi) is 4.30. The highest BCUT2D eigenvalue weighted by atomic mass is 35.5. The maximum atomic E-state index is 11.8. The standard InChI is InChI=1S/C16H15ClO3/c1-10-9-12(7-8-13(10)17)20-15-6-4-5-14(19-3)16(15)11(2)18/h4-9H,1-3H3. The molecular formula is C16H15ClO3. The first-order valence-electron chi connectivity index (χ1n) is 6.15. The Bertz CT molecular complexity index is 650. The molecule has 104 valence electrons. The van der Waals surface area contributed by atoms with Crippen LogP contribution < -0.4 is 9.47 Å². The van der Waals surface area contributed by atoms with Crippen LogP contribution in [0.5, 0.6) is 17.2 Å². The van der Waals surface area contributed by atoms with E-state index < -0.39 is 0 Å². The monoisotopic (exact) mass is 290 g/mol. The van der Waals surface area contributed by atoms with Gasteiger partial charge in [-0.25, -0.2) is 0 Å². The van der Waals surface area contributed by atoms with Crippen molar-refractivity contribution in [1.82, 2.24) is 0 Å². The number of benzene rings is 2. The van der Waals surface area contributed by atoms with Crippen LogP contribution in [0, 0.1) is 6.92 Å². The second-order valence-electron chi connectivity index (χ2n) is 4.40. The molecule has 0 saturated carbocycles. The lowest BCUT2D eigenvalue weighted by atomic mass is 10.1. The lowest BCUT2D eigenvalue weighted by Gasteiger charge is -2.13. The van der Waals surface area contributed by atoms with Crippen LogP contribution in [-0.2, 0) is 0 Å². The van der Waals surface area contributed by atoms with Gasteiger partial charge in [0.05, 0.1) is 7.11 Å². The van der Waals surface area contributed by atoms with E-state index in [1.54, 1.807) is 30.3 Å². The van der Waals surface area contributed by atoms with Crippen LogP contribution in [0.15, 0.2) is 36.4 Å². The van der Waals surface area contributed by atoms with Gasteiger partial charge in [-0.15, -0.1) is 0 Å². The number of carbonyl (C=O) groups excluding carboxylic acids is 1. The molecule has 0 aromatic heterocycles. The van der Waals surface area contributed by atoms with Gasteiger partial charge in [0.1, 0.15) is 22.8 Å². The third kappa shape index (κ3) is 2.94. The van der Waals surface area contributed by atoms with Crippen molar-refractivity contribution in [3.8, 4) is 17.2 Å². The number of ketones is 1. The van der Waals surface area contributed by atoms with Crippen LogP contribution in [0.25, 0.3) is 0 Å². The molecule has 0 aliphatic carbocycles. The molecule has 0 aliphatic rings. The van der Waals surface area contributed by atoms with Crippen molar-refractivity contribution < 1.29 is 14.3 Å². The number of methoxy groups -OCH3 is 1. The van der Waals surface area contributed by atoms with Crippen LogP contribution in [-0.4, -0.2) is 12.9 Å². The summed E-state index contributed by atoms with van der Waals surface area (Å²) in [5.74, 6) is 1.49. The molecule has 0 N–H and O–H groups in total. The van der Waals surface area contributed by atoms with E-state index >= 15 is 0 Å². The molecule has 20 heavy (non-hydrogen) atoms. The Morgan fingerprint density at radius 3 is 2.45 bits per heavy atom. The van der Waals surface area contributed by atoms with Gasteiger partial charge in [0.2, 0.25) is 0 Å². The van der Waals surface area contributed by atoms with Gasteiger partial charge in [0.15, 0.2) is 5.78 Å². The third-order valence-corrected chi connectivity index (χ3v) is 3.34. The summed E-state index contributed by atoms with van der Waals surface area (Å²) in [4.78, 5) is 11.8. The first-order valence-corrected chi connectivity index (χ1v) is 6.52. The zero-order chi connectivity index (χ0) is 14.7. The first-order chi connectivity index (χ1) is 9.52. The summed E-state index contributed by atoms with van der Waals surface area (Å²) in [6, 6.07) is 10.6. The van der Waals surface area contributed by atoms with Crippen LogP contribution in [0.3, 0.4) is 0 Å². The van der Waals surface area contributed by atoms with Gasteiger partial charge in [-0.1, -0.05) is 17.7 Å². The van der Waals surface area contributed by atoms with Crippen molar-refractivity contribution in [2.45, 2.75) is 13.8 Å². The summed E-state index contributed by atoms with van der Waals surface area (Å²) in [5.41, 5.74) is 1.35. The second kappa shape index (κ2) is 5.97. The maximum absolute atomic E-state index is 11.8. The Balaban J connectivity index is 2.42.